The van der Waals surface area contributed by atoms with Crippen molar-refractivity contribution in [2.45, 2.75) is 6.54 Å². The second kappa shape index (κ2) is 7.49. The zero-order valence-corrected chi connectivity index (χ0v) is 16.2. The van der Waals surface area contributed by atoms with Gasteiger partial charge < -0.3 is 10.2 Å². The number of carbonyl (C=O) groups excluding carboxylic acids is 1. The first-order chi connectivity index (χ1) is 15.1. The van der Waals surface area contributed by atoms with Crippen LogP contribution in [0.5, 0.6) is 0 Å². The van der Waals surface area contributed by atoms with Crippen LogP contribution in [-0.2, 0) is 11.3 Å². The molecule has 2 N–H and O–H groups in total. The lowest BCUT2D eigenvalue weighted by molar-refractivity contribution is -0.118. The van der Waals surface area contributed by atoms with Crippen molar-refractivity contribution < 1.29 is 13.6 Å². The summed E-state index contributed by atoms with van der Waals surface area (Å²) in [5.41, 5.74) is 9.15. The second-order valence-electron chi connectivity index (χ2n) is 6.98. The van der Waals surface area contributed by atoms with Gasteiger partial charge in [-0.25, -0.2) is 14.4 Å². The molecule has 152 valence electrons. The zero-order valence-electron chi connectivity index (χ0n) is 16.2. The number of fused-ring (bicyclic) bond motifs is 1. The Kier molecular flexibility index (Phi) is 4.51. The Morgan fingerprint density at radius 1 is 1.00 bits per heavy atom. The molecule has 0 aliphatic rings. The number of carbonyl (C=O) groups is 1. The Bertz CT molecular complexity index is 1390. The third kappa shape index (κ3) is 3.55. The molecular formula is C23H16FN5O2. The van der Waals surface area contributed by atoms with Gasteiger partial charge in [0.25, 0.3) is 0 Å². The summed E-state index contributed by atoms with van der Waals surface area (Å²) in [7, 11) is 0. The standard InChI is InChI=1S/C23H16FN5O2/c24-16-8-6-15(7-9-16)21-18(11-29(28-21)12-20(25)30)22-17-10-19(14-4-2-1-3-5-14)31-23(17)27-13-26-22/h1-11,13H,12H2,(H2,25,30). The number of nitrogens with two attached hydrogens (primary N) is 1. The molecule has 0 saturated heterocycles. The van der Waals surface area contributed by atoms with Gasteiger partial charge in [-0.15, -0.1) is 0 Å². The van der Waals surface area contributed by atoms with Crippen LogP contribution in [0.1, 0.15) is 0 Å². The summed E-state index contributed by atoms with van der Waals surface area (Å²) in [5, 5.41) is 5.20. The Labute approximate surface area is 176 Å². The van der Waals surface area contributed by atoms with E-state index in [1.807, 2.05) is 36.4 Å². The molecule has 0 fully saturated rings. The van der Waals surface area contributed by atoms with Gasteiger partial charge in [-0.05, 0) is 30.3 Å². The molecule has 5 aromatic rings. The second-order valence-corrected chi connectivity index (χ2v) is 6.98. The summed E-state index contributed by atoms with van der Waals surface area (Å²) in [4.78, 5) is 20.2. The van der Waals surface area contributed by atoms with Crippen LogP contribution < -0.4 is 5.73 Å². The van der Waals surface area contributed by atoms with E-state index in [0.29, 0.717) is 39.4 Å². The maximum atomic E-state index is 13.5. The topological polar surface area (TPSA) is 99.8 Å². The molecule has 0 radical (unpaired) electrons. The fourth-order valence-corrected chi connectivity index (χ4v) is 3.47. The SMILES string of the molecule is NC(=O)Cn1cc(-c2ncnc3oc(-c4ccccc4)cc23)c(-c2ccc(F)cc2)n1. The molecule has 0 aliphatic carbocycles. The molecule has 0 saturated carbocycles. The smallest absolute Gasteiger partial charge is 0.239 e. The summed E-state index contributed by atoms with van der Waals surface area (Å²) in [5.74, 6) is -0.221. The van der Waals surface area contributed by atoms with Crippen molar-refractivity contribution in [3.63, 3.8) is 0 Å². The number of rotatable bonds is 5. The summed E-state index contributed by atoms with van der Waals surface area (Å²) >= 11 is 0. The van der Waals surface area contributed by atoms with E-state index >= 15 is 0 Å². The highest BCUT2D eigenvalue weighted by molar-refractivity contribution is 5.96. The summed E-state index contributed by atoms with van der Waals surface area (Å²) in [6, 6.07) is 17.5. The molecule has 0 unspecified atom stereocenters. The predicted molar refractivity (Wildman–Crippen MR) is 113 cm³/mol. The molecule has 3 heterocycles. The Morgan fingerprint density at radius 3 is 2.52 bits per heavy atom. The van der Waals surface area contributed by atoms with Crippen LogP contribution in [0.25, 0.3) is 44.9 Å². The minimum atomic E-state index is -0.526. The molecular weight excluding hydrogens is 397 g/mol. The number of furan rings is 1. The van der Waals surface area contributed by atoms with Gasteiger partial charge >= 0.3 is 0 Å². The van der Waals surface area contributed by atoms with E-state index in [0.717, 1.165) is 5.56 Å². The van der Waals surface area contributed by atoms with Crippen LogP contribution >= 0.6 is 0 Å². The molecule has 2 aromatic carbocycles. The minimum absolute atomic E-state index is 0.0942. The molecule has 0 spiro atoms. The summed E-state index contributed by atoms with van der Waals surface area (Å²) in [6.45, 7) is -0.0942. The highest BCUT2D eigenvalue weighted by Gasteiger charge is 2.20. The number of hydrogen-bond acceptors (Lipinski definition) is 5. The molecule has 5 rings (SSSR count). The van der Waals surface area contributed by atoms with Gasteiger partial charge in [-0.1, -0.05) is 30.3 Å². The third-order valence-electron chi connectivity index (χ3n) is 4.84. The van der Waals surface area contributed by atoms with Crippen LogP contribution in [0.3, 0.4) is 0 Å². The van der Waals surface area contributed by atoms with Crippen molar-refractivity contribution in [1.29, 1.82) is 0 Å². The van der Waals surface area contributed by atoms with E-state index in [-0.39, 0.29) is 12.4 Å². The maximum absolute atomic E-state index is 13.5. The largest absolute Gasteiger partial charge is 0.438 e. The monoisotopic (exact) mass is 413 g/mol. The first kappa shape index (κ1) is 18.7. The molecule has 3 aromatic heterocycles. The average molecular weight is 413 g/mol. The number of benzene rings is 2. The van der Waals surface area contributed by atoms with Crippen molar-refractivity contribution in [2.75, 3.05) is 0 Å². The molecule has 1 amide bonds. The molecule has 31 heavy (non-hydrogen) atoms. The minimum Gasteiger partial charge on any atom is -0.438 e. The van der Waals surface area contributed by atoms with Crippen molar-refractivity contribution in [3.05, 3.63) is 79.0 Å². The van der Waals surface area contributed by atoms with Crippen molar-refractivity contribution in [1.82, 2.24) is 19.7 Å². The normalized spacial score (nSPS) is 11.1. The van der Waals surface area contributed by atoms with Crippen molar-refractivity contribution in [3.8, 4) is 33.8 Å². The number of hydrogen-bond donors (Lipinski definition) is 1. The van der Waals surface area contributed by atoms with E-state index in [4.69, 9.17) is 10.2 Å². The number of aromatic nitrogens is 4. The van der Waals surface area contributed by atoms with E-state index in [9.17, 15) is 9.18 Å². The number of halogens is 1. The molecule has 7 nitrogen and oxygen atoms in total. The Balaban J connectivity index is 1.70. The van der Waals surface area contributed by atoms with Crippen molar-refractivity contribution in [2.24, 2.45) is 5.73 Å². The lowest BCUT2D eigenvalue weighted by atomic mass is 10.0. The van der Waals surface area contributed by atoms with Gasteiger partial charge in [0.05, 0.1) is 11.1 Å². The van der Waals surface area contributed by atoms with Gasteiger partial charge in [0.2, 0.25) is 11.6 Å². The van der Waals surface area contributed by atoms with Gasteiger partial charge in [0, 0.05) is 22.9 Å². The summed E-state index contributed by atoms with van der Waals surface area (Å²) in [6.07, 6.45) is 3.11. The van der Waals surface area contributed by atoms with E-state index in [1.54, 1.807) is 18.3 Å². The quantitative estimate of drug-likeness (QED) is 0.469. The number of nitrogens with zero attached hydrogens (tertiary/aromatic N) is 4. The van der Waals surface area contributed by atoms with Gasteiger partial charge in [-0.3, -0.25) is 9.48 Å². The average Bonchev–Trinajstić information content (AvgIpc) is 3.39. The van der Waals surface area contributed by atoms with Crippen LogP contribution in [0.15, 0.2) is 77.6 Å². The molecule has 0 bridgehead atoms. The van der Waals surface area contributed by atoms with Crippen LogP contribution in [0, 0.1) is 5.82 Å². The highest BCUT2D eigenvalue weighted by atomic mass is 19.1. The zero-order chi connectivity index (χ0) is 21.4. The molecule has 0 atom stereocenters. The van der Waals surface area contributed by atoms with E-state index in [1.165, 1.54) is 23.1 Å². The number of amides is 1. The predicted octanol–water partition coefficient (Wildman–Crippen LogP) is 4.04. The maximum Gasteiger partial charge on any atom is 0.239 e. The third-order valence-corrected chi connectivity index (χ3v) is 4.84. The lowest BCUT2D eigenvalue weighted by Gasteiger charge is -2.03. The Hall–Kier alpha value is -4.33. The summed E-state index contributed by atoms with van der Waals surface area (Å²) < 4.78 is 20.8. The van der Waals surface area contributed by atoms with Gasteiger partial charge in [0.15, 0.2) is 0 Å². The molecule has 0 aliphatic heterocycles. The van der Waals surface area contributed by atoms with E-state index < -0.39 is 5.91 Å². The van der Waals surface area contributed by atoms with E-state index in [2.05, 4.69) is 15.1 Å². The number of primary amides is 1. The van der Waals surface area contributed by atoms with Crippen LogP contribution in [0.4, 0.5) is 4.39 Å². The first-order valence-electron chi connectivity index (χ1n) is 9.50. The van der Waals surface area contributed by atoms with Crippen molar-refractivity contribution >= 4 is 17.0 Å². The Morgan fingerprint density at radius 2 is 1.77 bits per heavy atom. The van der Waals surface area contributed by atoms with Gasteiger partial charge in [0.1, 0.15) is 30.1 Å². The fraction of sp³-hybridized carbons (Fsp3) is 0.0435. The highest BCUT2D eigenvalue weighted by Crippen LogP contribution is 2.36. The first-order valence-corrected chi connectivity index (χ1v) is 9.50. The lowest BCUT2D eigenvalue weighted by Crippen LogP contribution is -2.18. The fourth-order valence-electron chi connectivity index (χ4n) is 3.47. The van der Waals surface area contributed by atoms with Gasteiger partial charge in [-0.2, -0.15) is 5.10 Å². The van der Waals surface area contributed by atoms with Crippen LogP contribution in [0.2, 0.25) is 0 Å². The van der Waals surface area contributed by atoms with Crippen LogP contribution in [-0.4, -0.2) is 25.7 Å². The molecule has 8 heteroatoms.